The van der Waals surface area contributed by atoms with Crippen molar-refractivity contribution in [1.82, 2.24) is 4.90 Å². The fourth-order valence-electron chi connectivity index (χ4n) is 2.58. The molecule has 28 heavy (non-hydrogen) atoms. The Hall–Kier alpha value is -3.07. The highest BCUT2D eigenvalue weighted by Crippen LogP contribution is 2.14. The maximum Gasteiger partial charge on any atom is 0.320 e. The Morgan fingerprint density at radius 2 is 1.64 bits per heavy atom. The lowest BCUT2D eigenvalue weighted by Crippen LogP contribution is -2.46. The number of carbonyl (C=O) groups excluding carboxylic acids is 1. The van der Waals surface area contributed by atoms with Crippen LogP contribution in [0.3, 0.4) is 0 Å². The molecule has 0 radical (unpaired) electrons. The van der Waals surface area contributed by atoms with E-state index in [4.69, 9.17) is 14.9 Å². The van der Waals surface area contributed by atoms with E-state index in [-0.39, 0.29) is 25.9 Å². The summed E-state index contributed by atoms with van der Waals surface area (Å²) < 4.78 is 5.52. The molecule has 1 aromatic rings. The Labute approximate surface area is 161 Å². The highest BCUT2D eigenvalue weighted by molar-refractivity contribution is 5.78. The molecule has 1 rings (SSSR count). The van der Waals surface area contributed by atoms with Crippen LogP contribution in [0.4, 0.5) is 0 Å². The van der Waals surface area contributed by atoms with Gasteiger partial charge in [0.1, 0.15) is 6.04 Å². The number of aliphatic carboxylic acids is 3. The van der Waals surface area contributed by atoms with Gasteiger partial charge in [0.25, 0.3) is 0 Å². The molecule has 10 nitrogen and oxygen atoms in total. The predicted octanol–water partition coefficient (Wildman–Crippen LogP) is 0.960. The molecule has 0 aromatic heterocycles. The molecule has 0 fully saturated rings. The lowest BCUT2D eigenvalue weighted by Gasteiger charge is -2.25. The number of ether oxygens (including phenoxy) is 1. The Bertz CT molecular complexity index is 687. The van der Waals surface area contributed by atoms with E-state index < -0.39 is 43.3 Å². The largest absolute Gasteiger partial charge is 0.480 e. The van der Waals surface area contributed by atoms with E-state index in [2.05, 4.69) is 4.99 Å². The second kappa shape index (κ2) is 12.3. The number of hydrogen-bond donors (Lipinski definition) is 3. The van der Waals surface area contributed by atoms with Crippen molar-refractivity contribution in [1.29, 1.82) is 0 Å². The summed E-state index contributed by atoms with van der Waals surface area (Å²) in [6, 6.07) is 7.86. The summed E-state index contributed by atoms with van der Waals surface area (Å²) in [4.78, 5) is 48.3. The van der Waals surface area contributed by atoms with Crippen molar-refractivity contribution in [2.75, 3.05) is 13.1 Å². The van der Waals surface area contributed by atoms with E-state index >= 15 is 0 Å². The number of carboxylic acid groups (broad SMARTS) is 3. The average molecular weight is 394 g/mol. The third-order valence-electron chi connectivity index (χ3n) is 3.81. The van der Waals surface area contributed by atoms with Gasteiger partial charge in [-0.1, -0.05) is 30.3 Å². The van der Waals surface area contributed by atoms with Gasteiger partial charge in [-0.2, -0.15) is 4.99 Å². The first-order valence-corrected chi connectivity index (χ1v) is 8.46. The summed E-state index contributed by atoms with van der Waals surface area (Å²) in [5, 5.41) is 27.1. The number of rotatable bonds is 14. The zero-order chi connectivity index (χ0) is 20.9. The second-order valence-electron chi connectivity index (χ2n) is 5.95. The molecule has 0 saturated carbocycles. The minimum absolute atomic E-state index is 0.0323. The number of carboxylic acids is 3. The van der Waals surface area contributed by atoms with Crippen LogP contribution >= 0.6 is 0 Å². The Kier molecular flexibility index (Phi) is 10.1. The van der Waals surface area contributed by atoms with Crippen molar-refractivity contribution >= 4 is 24.0 Å². The Morgan fingerprint density at radius 1 is 1.04 bits per heavy atom. The molecule has 1 aromatic carbocycles. The highest BCUT2D eigenvalue weighted by Gasteiger charge is 2.29. The Morgan fingerprint density at radius 3 is 2.14 bits per heavy atom. The first-order valence-electron chi connectivity index (χ1n) is 8.46. The van der Waals surface area contributed by atoms with E-state index in [9.17, 15) is 24.3 Å². The number of hydrogen-bond acceptors (Lipinski definition) is 7. The van der Waals surface area contributed by atoms with Crippen molar-refractivity contribution in [3.8, 4) is 0 Å². The van der Waals surface area contributed by atoms with Crippen LogP contribution in [-0.2, 0) is 30.5 Å². The molecule has 3 N–H and O–H groups in total. The van der Waals surface area contributed by atoms with Gasteiger partial charge in [0, 0.05) is 0 Å². The third kappa shape index (κ3) is 9.04. The van der Waals surface area contributed by atoms with Crippen LogP contribution < -0.4 is 0 Å². The van der Waals surface area contributed by atoms with Crippen LogP contribution in [0.1, 0.15) is 24.8 Å². The molecule has 152 valence electrons. The van der Waals surface area contributed by atoms with Gasteiger partial charge in [0.2, 0.25) is 6.08 Å². The maximum absolute atomic E-state index is 11.5. The molecule has 0 amide bonds. The molecule has 0 spiro atoms. The van der Waals surface area contributed by atoms with E-state index in [1.54, 1.807) is 0 Å². The van der Waals surface area contributed by atoms with Crippen molar-refractivity contribution in [3.05, 3.63) is 35.9 Å². The van der Waals surface area contributed by atoms with E-state index in [0.717, 1.165) is 10.5 Å². The number of benzene rings is 1. The number of isocyanates is 1. The zero-order valence-electron chi connectivity index (χ0n) is 15.1. The summed E-state index contributed by atoms with van der Waals surface area (Å²) in [6.07, 6.45) is 0.956. The van der Waals surface area contributed by atoms with Crippen LogP contribution in [0.25, 0.3) is 0 Å². The van der Waals surface area contributed by atoms with E-state index in [1.807, 2.05) is 30.3 Å². The van der Waals surface area contributed by atoms with Crippen molar-refractivity contribution in [2.45, 2.75) is 38.1 Å². The first kappa shape index (κ1) is 23.0. The lowest BCUT2D eigenvalue weighted by atomic mass is 10.1. The molecule has 0 aliphatic heterocycles. The number of aliphatic imine (C=N–C) groups is 1. The molecular formula is C18H22N2O8. The minimum Gasteiger partial charge on any atom is -0.480 e. The average Bonchev–Trinajstić information content (AvgIpc) is 2.62. The summed E-state index contributed by atoms with van der Waals surface area (Å²) in [5.41, 5.74) is 0.867. The lowest BCUT2D eigenvalue weighted by molar-refractivity contribution is -0.149. The highest BCUT2D eigenvalue weighted by atomic mass is 16.5. The van der Waals surface area contributed by atoms with Gasteiger partial charge in [-0.15, -0.1) is 0 Å². The van der Waals surface area contributed by atoms with Gasteiger partial charge in [-0.05, 0) is 24.8 Å². The first-order chi connectivity index (χ1) is 13.3. The smallest absolute Gasteiger partial charge is 0.320 e. The molecule has 2 unspecified atom stereocenters. The van der Waals surface area contributed by atoms with Crippen molar-refractivity contribution in [3.63, 3.8) is 0 Å². The van der Waals surface area contributed by atoms with Gasteiger partial charge in [0.15, 0.2) is 6.23 Å². The Balaban J connectivity index is 2.65. The quantitative estimate of drug-likeness (QED) is 0.309. The normalized spacial score (nSPS) is 12.8. The van der Waals surface area contributed by atoms with Gasteiger partial charge in [0.05, 0.1) is 19.7 Å². The standard InChI is InChI=1S/C18H22N2O8/c21-12-19-15(28-11-13-5-2-1-3-6-13)8-4-7-14(18(26)27)20(9-16(22)23)10-17(24)25/h1-3,5-6,14-15H,4,7-11H2,(H,22,23)(H,24,25)(H,26,27). The van der Waals surface area contributed by atoms with Crippen LogP contribution in [0, 0.1) is 0 Å². The van der Waals surface area contributed by atoms with Crippen LogP contribution in [0.2, 0.25) is 0 Å². The molecule has 0 aliphatic rings. The monoisotopic (exact) mass is 394 g/mol. The molecule has 0 bridgehead atoms. The molecular weight excluding hydrogens is 372 g/mol. The maximum atomic E-state index is 11.5. The van der Waals surface area contributed by atoms with E-state index in [1.165, 1.54) is 6.08 Å². The predicted molar refractivity (Wildman–Crippen MR) is 95.3 cm³/mol. The van der Waals surface area contributed by atoms with Crippen LogP contribution in [0.5, 0.6) is 0 Å². The second-order valence-corrected chi connectivity index (χ2v) is 5.95. The van der Waals surface area contributed by atoms with Gasteiger partial charge in [-0.3, -0.25) is 19.3 Å². The van der Waals surface area contributed by atoms with Crippen molar-refractivity contribution < 1.29 is 39.2 Å². The zero-order valence-corrected chi connectivity index (χ0v) is 15.1. The fraction of sp³-hybridized carbons (Fsp3) is 0.444. The minimum atomic E-state index is -1.33. The third-order valence-corrected chi connectivity index (χ3v) is 3.81. The van der Waals surface area contributed by atoms with Crippen LogP contribution in [0.15, 0.2) is 35.3 Å². The van der Waals surface area contributed by atoms with Crippen LogP contribution in [-0.4, -0.2) is 69.6 Å². The summed E-state index contributed by atoms with van der Waals surface area (Å²) >= 11 is 0. The van der Waals surface area contributed by atoms with Gasteiger partial charge < -0.3 is 20.1 Å². The summed E-state index contributed by atoms with van der Waals surface area (Å²) in [5.74, 6) is -3.99. The molecule has 0 aliphatic carbocycles. The SMILES string of the molecule is O=C=NC(CCCC(C(=O)O)N(CC(=O)O)CC(=O)O)OCc1ccccc1. The molecule has 2 atom stereocenters. The summed E-state index contributed by atoms with van der Waals surface area (Å²) in [6.45, 7) is -1.24. The number of carbonyl (C=O) groups is 3. The summed E-state index contributed by atoms with van der Waals surface area (Å²) in [7, 11) is 0. The van der Waals surface area contributed by atoms with Gasteiger partial charge >= 0.3 is 17.9 Å². The van der Waals surface area contributed by atoms with E-state index in [0.29, 0.717) is 0 Å². The number of nitrogens with zero attached hydrogens (tertiary/aromatic N) is 2. The van der Waals surface area contributed by atoms with Gasteiger partial charge in [-0.25, -0.2) is 4.79 Å². The molecule has 0 saturated heterocycles. The fourth-order valence-corrected chi connectivity index (χ4v) is 2.58. The molecule has 0 heterocycles. The topological polar surface area (TPSA) is 154 Å². The van der Waals surface area contributed by atoms with Crippen molar-refractivity contribution in [2.24, 2.45) is 4.99 Å². The molecule has 10 heteroatoms.